The summed E-state index contributed by atoms with van der Waals surface area (Å²) in [7, 11) is 0. The van der Waals surface area contributed by atoms with Gasteiger partial charge in [-0.1, -0.05) is 27.5 Å². The molecule has 0 aromatic heterocycles. The van der Waals surface area contributed by atoms with Crippen molar-refractivity contribution in [2.45, 2.75) is 0 Å². The van der Waals surface area contributed by atoms with Crippen LogP contribution in [0.4, 0.5) is 11.4 Å². The van der Waals surface area contributed by atoms with Gasteiger partial charge in [-0.3, -0.25) is 14.9 Å². The van der Waals surface area contributed by atoms with Crippen LogP contribution in [0.25, 0.3) is 0 Å². The Bertz CT molecular complexity index is 795. The van der Waals surface area contributed by atoms with E-state index in [0.29, 0.717) is 5.69 Å². The normalized spacial score (nSPS) is 10.1. The van der Waals surface area contributed by atoms with Crippen LogP contribution in [-0.2, 0) is 9.53 Å². The number of nitrogens with one attached hydrogen (secondary N) is 1. The number of anilines is 1. The molecule has 0 bridgehead atoms. The van der Waals surface area contributed by atoms with Gasteiger partial charge in [-0.2, -0.15) is 0 Å². The van der Waals surface area contributed by atoms with E-state index in [1.165, 1.54) is 6.07 Å². The van der Waals surface area contributed by atoms with Crippen molar-refractivity contribution in [1.82, 2.24) is 0 Å². The lowest BCUT2D eigenvalue weighted by molar-refractivity contribution is -0.385. The average molecular weight is 414 g/mol. The van der Waals surface area contributed by atoms with E-state index in [4.69, 9.17) is 16.3 Å². The molecule has 0 heterocycles. The average Bonchev–Trinajstić information content (AvgIpc) is 2.54. The molecule has 0 fully saturated rings. The second-order valence-corrected chi connectivity index (χ2v) is 5.90. The predicted molar refractivity (Wildman–Crippen MR) is 91.2 cm³/mol. The second kappa shape index (κ2) is 7.89. The lowest BCUT2D eigenvalue weighted by atomic mass is 10.2. The summed E-state index contributed by atoms with van der Waals surface area (Å²) in [5.41, 5.74) is -0.241. The molecular weight excluding hydrogens is 404 g/mol. The van der Waals surface area contributed by atoms with Crippen LogP contribution in [0.2, 0.25) is 5.02 Å². The Hall–Kier alpha value is -2.45. The molecule has 2 rings (SSSR count). The number of nitrogens with zero attached hydrogens (tertiary/aromatic N) is 1. The Balaban J connectivity index is 2.00. The predicted octanol–water partition coefficient (Wildman–Crippen LogP) is 3.81. The summed E-state index contributed by atoms with van der Waals surface area (Å²) in [5, 5.41) is 13.6. The Morgan fingerprint density at radius 2 is 1.88 bits per heavy atom. The van der Waals surface area contributed by atoms with Crippen molar-refractivity contribution < 1.29 is 19.2 Å². The molecular formula is C15H10BrClN2O5. The number of esters is 1. The first-order valence-corrected chi connectivity index (χ1v) is 7.70. The molecule has 0 spiro atoms. The highest BCUT2D eigenvalue weighted by molar-refractivity contribution is 9.10. The van der Waals surface area contributed by atoms with Crippen molar-refractivity contribution in [3.63, 3.8) is 0 Å². The van der Waals surface area contributed by atoms with Crippen molar-refractivity contribution >= 4 is 50.8 Å². The van der Waals surface area contributed by atoms with E-state index in [9.17, 15) is 19.7 Å². The molecule has 0 aliphatic rings. The Labute approximate surface area is 149 Å². The summed E-state index contributed by atoms with van der Waals surface area (Å²) >= 11 is 9.00. The van der Waals surface area contributed by atoms with Crippen LogP contribution in [0.5, 0.6) is 0 Å². The van der Waals surface area contributed by atoms with Crippen LogP contribution in [0.1, 0.15) is 10.4 Å². The summed E-state index contributed by atoms with van der Waals surface area (Å²) < 4.78 is 5.66. The fraction of sp³-hybridized carbons (Fsp3) is 0.0667. The minimum atomic E-state index is -1.00. The first-order valence-electron chi connectivity index (χ1n) is 6.53. The zero-order valence-corrected chi connectivity index (χ0v) is 14.3. The second-order valence-electron chi connectivity index (χ2n) is 4.55. The molecule has 0 saturated heterocycles. The van der Waals surface area contributed by atoms with Crippen LogP contribution in [0.15, 0.2) is 46.9 Å². The minimum absolute atomic E-state index is 0.145. The van der Waals surface area contributed by atoms with Gasteiger partial charge < -0.3 is 10.1 Å². The van der Waals surface area contributed by atoms with E-state index in [0.717, 1.165) is 16.6 Å². The highest BCUT2D eigenvalue weighted by Gasteiger charge is 2.22. The first-order chi connectivity index (χ1) is 11.4. The van der Waals surface area contributed by atoms with E-state index < -0.39 is 29.1 Å². The SMILES string of the molecule is O=C(COC(=O)c1cc(Cl)ccc1[N+](=O)[O-])Nc1ccc(Br)cc1. The van der Waals surface area contributed by atoms with Gasteiger partial charge in [0.1, 0.15) is 5.56 Å². The van der Waals surface area contributed by atoms with Crippen LogP contribution >= 0.6 is 27.5 Å². The van der Waals surface area contributed by atoms with Crippen molar-refractivity contribution in [3.05, 3.63) is 67.6 Å². The maximum absolute atomic E-state index is 12.0. The van der Waals surface area contributed by atoms with Gasteiger partial charge in [-0.15, -0.1) is 0 Å². The number of carbonyl (C=O) groups is 2. The van der Waals surface area contributed by atoms with Gasteiger partial charge in [0.05, 0.1) is 4.92 Å². The molecule has 124 valence electrons. The fourth-order valence-corrected chi connectivity index (χ4v) is 2.21. The van der Waals surface area contributed by atoms with Crippen molar-refractivity contribution in [3.8, 4) is 0 Å². The lowest BCUT2D eigenvalue weighted by Gasteiger charge is -2.07. The van der Waals surface area contributed by atoms with Crippen LogP contribution in [0.3, 0.4) is 0 Å². The molecule has 0 unspecified atom stereocenters. The van der Waals surface area contributed by atoms with Gasteiger partial charge in [0.15, 0.2) is 6.61 Å². The number of carbonyl (C=O) groups excluding carboxylic acids is 2. The zero-order valence-electron chi connectivity index (χ0n) is 12.0. The fourth-order valence-electron chi connectivity index (χ4n) is 1.77. The topological polar surface area (TPSA) is 98.5 Å². The molecule has 1 amide bonds. The van der Waals surface area contributed by atoms with Gasteiger partial charge in [-0.05, 0) is 36.4 Å². The Morgan fingerprint density at radius 3 is 2.50 bits per heavy atom. The third-order valence-electron chi connectivity index (χ3n) is 2.84. The lowest BCUT2D eigenvalue weighted by Crippen LogP contribution is -2.21. The molecule has 0 radical (unpaired) electrons. The zero-order chi connectivity index (χ0) is 17.7. The number of nitro benzene ring substituents is 1. The van der Waals surface area contributed by atoms with E-state index in [2.05, 4.69) is 21.2 Å². The number of rotatable bonds is 5. The first kappa shape index (κ1) is 17.9. The van der Waals surface area contributed by atoms with Gasteiger partial charge in [-0.25, -0.2) is 4.79 Å². The number of amides is 1. The number of halogens is 2. The largest absolute Gasteiger partial charge is 0.452 e. The third-order valence-corrected chi connectivity index (χ3v) is 3.60. The van der Waals surface area contributed by atoms with Crippen molar-refractivity contribution in [2.24, 2.45) is 0 Å². The minimum Gasteiger partial charge on any atom is -0.452 e. The standard InChI is InChI=1S/C15H10BrClN2O5/c16-9-1-4-11(5-2-9)18-14(20)8-24-15(21)12-7-10(17)3-6-13(12)19(22)23/h1-7H,8H2,(H,18,20). The van der Waals surface area contributed by atoms with E-state index >= 15 is 0 Å². The van der Waals surface area contributed by atoms with Gasteiger partial charge in [0.2, 0.25) is 0 Å². The van der Waals surface area contributed by atoms with Crippen LogP contribution < -0.4 is 5.32 Å². The molecule has 0 aliphatic carbocycles. The van der Waals surface area contributed by atoms with Crippen molar-refractivity contribution in [1.29, 1.82) is 0 Å². The maximum Gasteiger partial charge on any atom is 0.345 e. The molecule has 1 N–H and O–H groups in total. The van der Waals surface area contributed by atoms with Gasteiger partial charge in [0.25, 0.3) is 11.6 Å². The van der Waals surface area contributed by atoms with E-state index in [1.807, 2.05) is 0 Å². The Kier molecular flexibility index (Phi) is 5.88. The van der Waals surface area contributed by atoms with E-state index in [1.54, 1.807) is 24.3 Å². The molecule has 0 saturated carbocycles. The quantitative estimate of drug-likeness (QED) is 0.456. The van der Waals surface area contributed by atoms with Gasteiger partial charge >= 0.3 is 5.97 Å². The molecule has 9 heteroatoms. The monoisotopic (exact) mass is 412 g/mol. The molecule has 0 atom stereocenters. The molecule has 2 aromatic rings. The van der Waals surface area contributed by atoms with Crippen LogP contribution in [-0.4, -0.2) is 23.4 Å². The summed E-state index contributed by atoms with van der Waals surface area (Å²) in [5.74, 6) is -1.58. The van der Waals surface area contributed by atoms with Gasteiger partial charge in [0, 0.05) is 21.2 Å². The highest BCUT2D eigenvalue weighted by atomic mass is 79.9. The Morgan fingerprint density at radius 1 is 1.21 bits per heavy atom. The molecule has 7 nitrogen and oxygen atoms in total. The number of benzene rings is 2. The van der Waals surface area contributed by atoms with E-state index in [-0.39, 0.29) is 10.6 Å². The summed E-state index contributed by atoms with van der Waals surface area (Å²) in [6.07, 6.45) is 0. The molecule has 2 aromatic carbocycles. The number of hydrogen-bond acceptors (Lipinski definition) is 5. The molecule has 24 heavy (non-hydrogen) atoms. The molecule has 0 aliphatic heterocycles. The van der Waals surface area contributed by atoms with Crippen LogP contribution in [0, 0.1) is 10.1 Å². The van der Waals surface area contributed by atoms with Crippen molar-refractivity contribution in [2.75, 3.05) is 11.9 Å². The summed E-state index contributed by atoms with van der Waals surface area (Å²) in [6, 6.07) is 10.3. The smallest absolute Gasteiger partial charge is 0.345 e. The number of nitro groups is 1. The maximum atomic E-state index is 12.0. The summed E-state index contributed by atoms with van der Waals surface area (Å²) in [6.45, 7) is -0.585. The summed E-state index contributed by atoms with van der Waals surface area (Å²) in [4.78, 5) is 33.9. The number of ether oxygens (including phenoxy) is 1. The third kappa shape index (κ3) is 4.77. The number of hydrogen-bond donors (Lipinski definition) is 1. The highest BCUT2D eigenvalue weighted by Crippen LogP contribution is 2.23.